The van der Waals surface area contributed by atoms with Crippen LogP contribution in [0.25, 0.3) is 22.8 Å². The van der Waals surface area contributed by atoms with E-state index in [9.17, 15) is 9.18 Å². The van der Waals surface area contributed by atoms with Crippen LogP contribution in [0.4, 0.5) is 10.2 Å². The molecule has 0 aliphatic carbocycles. The van der Waals surface area contributed by atoms with E-state index in [1.165, 1.54) is 6.07 Å². The number of benzene rings is 1. The van der Waals surface area contributed by atoms with Crippen LogP contribution >= 0.6 is 0 Å². The average molecular weight is 381 g/mol. The maximum Gasteiger partial charge on any atom is 0.259 e. The van der Waals surface area contributed by atoms with E-state index in [-0.39, 0.29) is 17.6 Å². The maximum atomic E-state index is 13.9. The van der Waals surface area contributed by atoms with Gasteiger partial charge in [0.2, 0.25) is 11.7 Å². The molecule has 28 heavy (non-hydrogen) atoms. The monoisotopic (exact) mass is 381 g/mol. The van der Waals surface area contributed by atoms with Crippen molar-refractivity contribution in [3.05, 3.63) is 48.4 Å². The second-order valence-electron chi connectivity index (χ2n) is 6.65. The lowest BCUT2D eigenvalue weighted by molar-refractivity contribution is -0.128. The summed E-state index contributed by atoms with van der Waals surface area (Å²) in [5, 5.41) is 3.87. The van der Waals surface area contributed by atoms with E-state index in [2.05, 4.69) is 20.0 Å². The molecular weight excluding hydrogens is 361 g/mol. The SMILES string of the molecule is CC(=O)N1CCCN(c2ccc(-c3nc(-c4ccccc4F)no3)cn2)CC1. The molecule has 1 aliphatic rings. The third-order valence-corrected chi connectivity index (χ3v) is 4.80. The first-order chi connectivity index (χ1) is 13.6. The third kappa shape index (κ3) is 3.71. The van der Waals surface area contributed by atoms with Crippen LogP contribution in [0.5, 0.6) is 0 Å². The number of nitrogens with zero attached hydrogens (tertiary/aromatic N) is 5. The Balaban J connectivity index is 1.50. The van der Waals surface area contributed by atoms with Crippen LogP contribution in [0.3, 0.4) is 0 Å². The Hall–Kier alpha value is -3.29. The molecule has 144 valence electrons. The Morgan fingerprint density at radius 3 is 2.71 bits per heavy atom. The maximum absolute atomic E-state index is 13.9. The molecule has 0 N–H and O–H groups in total. The van der Waals surface area contributed by atoms with Crippen molar-refractivity contribution >= 4 is 11.7 Å². The van der Waals surface area contributed by atoms with Gasteiger partial charge in [-0.2, -0.15) is 4.98 Å². The minimum Gasteiger partial charge on any atom is -0.355 e. The number of anilines is 1. The highest BCUT2D eigenvalue weighted by atomic mass is 19.1. The first-order valence-corrected chi connectivity index (χ1v) is 9.17. The van der Waals surface area contributed by atoms with Crippen molar-refractivity contribution in [1.29, 1.82) is 0 Å². The summed E-state index contributed by atoms with van der Waals surface area (Å²) >= 11 is 0. The molecule has 8 heteroatoms. The number of hydrogen-bond donors (Lipinski definition) is 0. The summed E-state index contributed by atoms with van der Waals surface area (Å²) in [5.41, 5.74) is 0.959. The summed E-state index contributed by atoms with van der Waals surface area (Å²) in [5.74, 6) is 1.03. The molecule has 3 aromatic rings. The van der Waals surface area contributed by atoms with Crippen LogP contribution in [-0.2, 0) is 4.79 Å². The highest BCUT2D eigenvalue weighted by molar-refractivity contribution is 5.73. The average Bonchev–Trinajstić information content (AvgIpc) is 3.05. The van der Waals surface area contributed by atoms with Crippen LogP contribution in [0, 0.1) is 5.82 Å². The van der Waals surface area contributed by atoms with Crippen LogP contribution < -0.4 is 4.90 Å². The van der Waals surface area contributed by atoms with Crippen molar-refractivity contribution in [1.82, 2.24) is 20.0 Å². The molecule has 1 fully saturated rings. The van der Waals surface area contributed by atoms with E-state index in [1.54, 1.807) is 31.3 Å². The lowest BCUT2D eigenvalue weighted by Gasteiger charge is -2.22. The molecule has 1 aromatic carbocycles. The van der Waals surface area contributed by atoms with Crippen LogP contribution in [0.2, 0.25) is 0 Å². The van der Waals surface area contributed by atoms with Gasteiger partial charge in [-0.1, -0.05) is 17.3 Å². The Morgan fingerprint density at radius 1 is 1.11 bits per heavy atom. The minimum absolute atomic E-state index is 0.104. The largest absolute Gasteiger partial charge is 0.355 e. The summed E-state index contributed by atoms with van der Waals surface area (Å²) in [7, 11) is 0. The van der Waals surface area contributed by atoms with Crippen molar-refractivity contribution < 1.29 is 13.7 Å². The number of carbonyl (C=O) groups is 1. The molecule has 1 aliphatic heterocycles. The van der Waals surface area contributed by atoms with E-state index in [0.29, 0.717) is 17.7 Å². The van der Waals surface area contributed by atoms with Crippen LogP contribution in [-0.4, -0.2) is 52.1 Å². The first-order valence-electron chi connectivity index (χ1n) is 9.17. The second kappa shape index (κ2) is 7.75. The molecule has 0 saturated carbocycles. The van der Waals surface area contributed by atoms with Crippen LogP contribution in [0.1, 0.15) is 13.3 Å². The number of pyridine rings is 1. The lowest BCUT2D eigenvalue weighted by atomic mass is 10.2. The standard InChI is InChI=1S/C20H20FN5O2/c1-14(27)25-9-4-10-26(12-11-25)18-8-7-15(13-22-18)20-23-19(24-28-20)16-5-2-3-6-17(16)21/h2-3,5-8,13H,4,9-12H2,1H3. The van der Waals surface area contributed by atoms with Gasteiger partial charge < -0.3 is 14.3 Å². The second-order valence-corrected chi connectivity index (χ2v) is 6.65. The number of rotatable bonds is 3. The zero-order valence-electron chi connectivity index (χ0n) is 15.5. The van der Waals surface area contributed by atoms with Gasteiger partial charge in [0.1, 0.15) is 11.6 Å². The summed E-state index contributed by atoms with van der Waals surface area (Å²) in [6, 6.07) is 10.0. The molecule has 7 nitrogen and oxygen atoms in total. The predicted octanol–water partition coefficient (Wildman–Crippen LogP) is 3.00. The Morgan fingerprint density at radius 2 is 1.96 bits per heavy atom. The van der Waals surface area contributed by atoms with Gasteiger partial charge in [0.05, 0.1) is 11.1 Å². The van der Waals surface area contributed by atoms with Crippen molar-refractivity contribution in [2.75, 3.05) is 31.1 Å². The van der Waals surface area contributed by atoms with Gasteiger partial charge in [0, 0.05) is 39.3 Å². The molecule has 0 radical (unpaired) electrons. The zero-order valence-corrected chi connectivity index (χ0v) is 15.5. The van der Waals surface area contributed by atoms with Gasteiger partial charge in [-0.25, -0.2) is 9.37 Å². The molecule has 0 bridgehead atoms. The quantitative estimate of drug-likeness (QED) is 0.694. The lowest BCUT2D eigenvalue weighted by Crippen LogP contribution is -2.33. The number of hydrogen-bond acceptors (Lipinski definition) is 6. The molecule has 3 heterocycles. The first kappa shape index (κ1) is 18.1. The Bertz CT molecular complexity index is 973. The third-order valence-electron chi connectivity index (χ3n) is 4.80. The Kier molecular flexibility index (Phi) is 5.01. The summed E-state index contributed by atoms with van der Waals surface area (Å²) in [6.07, 6.45) is 2.57. The smallest absolute Gasteiger partial charge is 0.259 e. The van der Waals surface area contributed by atoms with Crippen molar-refractivity contribution in [3.63, 3.8) is 0 Å². The van der Waals surface area contributed by atoms with Gasteiger partial charge in [-0.05, 0) is 30.7 Å². The van der Waals surface area contributed by atoms with E-state index < -0.39 is 5.82 Å². The molecule has 2 aromatic heterocycles. The summed E-state index contributed by atoms with van der Waals surface area (Å²) < 4.78 is 19.2. The predicted molar refractivity (Wildman–Crippen MR) is 102 cm³/mol. The van der Waals surface area contributed by atoms with E-state index in [1.807, 2.05) is 17.0 Å². The molecule has 1 amide bonds. The van der Waals surface area contributed by atoms with E-state index >= 15 is 0 Å². The van der Waals surface area contributed by atoms with Gasteiger partial charge >= 0.3 is 0 Å². The number of halogens is 1. The Labute approximate surface area is 161 Å². The van der Waals surface area contributed by atoms with Crippen molar-refractivity contribution in [2.24, 2.45) is 0 Å². The van der Waals surface area contributed by atoms with Gasteiger partial charge in [-0.15, -0.1) is 0 Å². The fraction of sp³-hybridized carbons (Fsp3) is 0.300. The molecule has 0 spiro atoms. The fourth-order valence-electron chi connectivity index (χ4n) is 3.25. The summed E-state index contributed by atoms with van der Waals surface area (Å²) in [4.78, 5) is 24.4. The molecule has 0 atom stereocenters. The molecule has 0 unspecified atom stereocenters. The number of amides is 1. The molecule has 4 rings (SSSR count). The van der Waals surface area contributed by atoms with Crippen molar-refractivity contribution in [2.45, 2.75) is 13.3 Å². The number of carbonyl (C=O) groups excluding carboxylic acids is 1. The van der Waals surface area contributed by atoms with Gasteiger partial charge in [0.15, 0.2) is 0 Å². The summed E-state index contributed by atoms with van der Waals surface area (Å²) in [6.45, 7) is 4.64. The molecule has 1 saturated heterocycles. The van der Waals surface area contributed by atoms with Gasteiger partial charge in [0.25, 0.3) is 5.89 Å². The van der Waals surface area contributed by atoms with Crippen LogP contribution in [0.15, 0.2) is 47.1 Å². The van der Waals surface area contributed by atoms with E-state index in [4.69, 9.17) is 4.52 Å². The number of aromatic nitrogens is 3. The van der Waals surface area contributed by atoms with E-state index in [0.717, 1.165) is 31.9 Å². The highest BCUT2D eigenvalue weighted by Gasteiger charge is 2.18. The topological polar surface area (TPSA) is 75.4 Å². The highest BCUT2D eigenvalue weighted by Crippen LogP contribution is 2.25. The minimum atomic E-state index is -0.399. The fourth-order valence-corrected chi connectivity index (χ4v) is 3.25. The zero-order chi connectivity index (χ0) is 19.5. The van der Waals surface area contributed by atoms with Crippen molar-refractivity contribution in [3.8, 4) is 22.8 Å². The normalized spacial score (nSPS) is 14.8. The van der Waals surface area contributed by atoms with Gasteiger partial charge in [-0.3, -0.25) is 4.79 Å². The molecular formula is C20H20FN5O2.